The van der Waals surface area contributed by atoms with Crippen LogP contribution in [0.5, 0.6) is 0 Å². The molecule has 1 fully saturated rings. The van der Waals surface area contributed by atoms with E-state index in [1.165, 1.54) is 0 Å². The van der Waals surface area contributed by atoms with Crippen molar-refractivity contribution >= 4 is 17.6 Å². The first kappa shape index (κ1) is 20.5. The summed E-state index contributed by atoms with van der Waals surface area (Å²) in [6.45, 7) is 0.759. The molecule has 1 saturated carbocycles. The summed E-state index contributed by atoms with van der Waals surface area (Å²) < 4.78 is 1.84. The second-order valence-corrected chi connectivity index (χ2v) is 7.63. The molecule has 0 radical (unpaired) electrons. The minimum atomic E-state index is -0.217. The van der Waals surface area contributed by atoms with Crippen molar-refractivity contribution in [3.8, 4) is 11.4 Å². The average molecular weight is 419 g/mol. The zero-order chi connectivity index (χ0) is 21.6. The van der Waals surface area contributed by atoms with Crippen LogP contribution in [0.15, 0.2) is 54.6 Å². The maximum Gasteiger partial charge on any atom is 0.317 e. The Morgan fingerprint density at radius 2 is 1.94 bits per heavy atom. The molecule has 1 heterocycles. The molecule has 3 amide bonds. The zero-order valence-corrected chi connectivity index (χ0v) is 17.4. The molecular formula is C22H25N7O2. The third-order valence-electron chi connectivity index (χ3n) is 5.03. The van der Waals surface area contributed by atoms with E-state index in [1.54, 1.807) is 11.9 Å². The first-order valence-electron chi connectivity index (χ1n) is 10.3. The van der Waals surface area contributed by atoms with Crippen LogP contribution >= 0.6 is 0 Å². The number of nitrogens with one attached hydrogen (secondary N) is 2. The number of hydrogen-bond acceptors (Lipinski definition) is 5. The van der Waals surface area contributed by atoms with Crippen LogP contribution in [-0.4, -0.2) is 50.6 Å². The predicted octanol–water partition coefficient (Wildman–Crippen LogP) is 2.85. The normalized spacial score (nSPS) is 12.9. The number of tetrazole rings is 1. The Kier molecular flexibility index (Phi) is 6.21. The summed E-state index contributed by atoms with van der Waals surface area (Å²) in [5.41, 5.74) is 2.57. The number of hydrogen-bond donors (Lipinski definition) is 2. The Bertz CT molecular complexity index is 1050. The van der Waals surface area contributed by atoms with Gasteiger partial charge < -0.3 is 15.5 Å². The van der Waals surface area contributed by atoms with Crippen molar-refractivity contribution in [3.05, 3.63) is 60.2 Å². The van der Waals surface area contributed by atoms with Gasteiger partial charge in [-0.2, -0.15) is 0 Å². The van der Waals surface area contributed by atoms with Crippen molar-refractivity contribution in [2.75, 3.05) is 18.9 Å². The van der Waals surface area contributed by atoms with E-state index >= 15 is 0 Å². The molecule has 3 aromatic rings. The summed E-state index contributed by atoms with van der Waals surface area (Å²) >= 11 is 0. The quantitative estimate of drug-likeness (QED) is 0.584. The number of benzene rings is 2. The van der Waals surface area contributed by atoms with E-state index < -0.39 is 0 Å². The summed E-state index contributed by atoms with van der Waals surface area (Å²) in [5, 5.41) is 17.6. The predicted molar refractivity (Wildman–Crippen MR) is 116 cm³/mol. The Morgan fingerprint density at radius 1 is 1.13 bits per heavy atom. The van der Waals surface area contributed by atoms with Gasteiger partial charge in [0.15, 0.2) is 5.82 Å². The topological polar surface area (TPSA) is 105 Å². The fourth-order valence-electron chi connectivity index (χ4n) is 3.26. The SMILES string of the molecule is CN(Cc1ccccc1)C(=O)NCCC(=O)Nc1cccc(-c2nnnn2C2CC2)c1. The number of amides is 3. The number of urea groups is 1. The Labute approximate surface area is 180 Å². The molecule has 160 valence electrons. The van der Waals surface area contributed by atoms with Crippen molar-refractivity contribution in [2.45, 2.75) is 31.8 Å². The number of anilines is 1. The molecule has 1 aliphatic rings. The van der Waals surface area contributed by atoms with Gasteiger partial charge in [0.2, 0.25) is 5.91 Å². The first-order chi connectivity index (χ1) is 15.1. The molecular weight excluding hydrogens is 394 g/mol. The van der Waals surface area contributed by atoms with Crippen molar-refractivity contribution < 1.29 is 9.59 Å². The van der Waals surface area contributed by atoms with E-state index in [-0.39, 0.29) is 24.9 Å². The molecule has 9 heteroatoms. The second kappa shape index (κ2) is 9.38. The van der Waals surface area contributed by atoms with Crippen LogP contribution in [0.4, 0.5) is 10.5 Å². The molecule has 1 aromatic heterocycles. The molecule has 0 aliphatic heterocycles. The molecule has 31 heavy (non-hydrogen) atoms. The molecule has 0 unspecified atom stereocenters. The highest BCUT2D eigenvalue weighted by atomic mass is 16.2. The lowest BCUT2D eigenvalue weighted by Crippen LogP contribution is -2.38. The van der Waals surface area contributed by atoms with Gasteiger partial charge in [-0.05, 0) is 41.0 Å². The highest BCUT2D eigenvalue weighted by Crippen LogP contribution is 2.36. The minimum absolute atomic E-state index is 0.176. The van der Waals surface area contributed by atoms with E-state index in [9.17, 15) is 9.59 Å². The van der Waals surface area contributed by atoms with Crippen LogP contribution < -0.4 is 10.6 Å². The first-order valence-corrected chi connectivity index (χ1v) is 10.3. The van der Waals surface area contributed by atoms with Gasteiger partial charge in [0, 0.05) is 37.8 Å². The molecule has 0 saturated heterocycles. The molecule has 9 nitrogen and oxygen atoms in total. The highest BCUT2D eigenvalue weighted by molar-refractivity contribution is 5.91. The molecule has 2 N–H and O–H groups in total. The van der Waals surface area contributed by atoms with Crippen molar-refractivity contribution in [1.82, 2.24) is 30.4 Å². The lowest BCUT2D eigenvalue weighted by Gasteiger charge is -2.18. The number of carbonyl (C=O) groups excluding carboxylic acids is 2. The van der Waals surface area contributed by atoms with Crippen molar-refractivity contribution in [3.63, 3.8) is 0 Å². The fraction of sp³-hybridized carbons (Fsp3) is 0.318. The third-order valence-corrected chi connectivity index (χ3v) is 5.03. The fourth-order valence-corrected chi connectivity index (χ4v) is 3.26. The minimum Gasteiger partial charge on any atom is -0.337 e. The number of rotatable bonds is 8. The van der Waals surface area contributed by atoms with E-state index in [2.05, 4.69) is 26.2 Å². The highest BCUT2D eigenvalue weighted by Gasteiger charge is 2.28. The largest absolute Gasteiger partial charge is 0.337 e. The van der Waals surface area contributed by atoms with Gasteiger partial charge in [0.05, 0.1) is 6.04 Å². The van der Waals surface area contributed by atoms with Gasteiger partial charge in [-0.15, -0.1) is 5.10 Å². The summed E-state index contributed by atoms with van der Waals surface area (Å²) in [6.07, 6.45) is 2.34. The van der Waals surface area contributed by atoms with Gasteiger partial charge in [-0.1, -0.05) is 42.5 Å². The van der Waals surface area contributed by atoms with Gasteiger partial charge >= 0.3 is 6.03 Å². The average Bonchev–Trinajstić information content (AvgIpc) is 3.50. The summed E-state index contributed by atoms with van der Waals surface area (Å²) in [4.78, 5) is 26.1. The summed E-state index contributed by atoms with van der Waals surface area (Å²) in [6, 6.07) is 17.3. The summed E-state index contributed by atoms with van der Waals surface area (Å²) in [7, 11) is 1.73. The van der Waals surface area contributed by atoms with Gasteiger partial charge in [-0.25, -0.2) is 9.48 Å². The van der Waals surface area contributed by atoms with Crippen LogP contribution in [0.2, 0.25) is 0 Å². The molecule has 4 rings (SSSR count). The standard InChI is InChI=1S/C22H25N7O2/c1-28(15-16-6-3-2-4-7-16)22(31)23-13-12-20(30)24-18-9-5-8-17(14-18)21-25-26-27-29(21)19-10-11-19/h2-9,14,19H,10-13,15H2,1H3,(H,23,31)(H,24,30). The number of nitrogens with zero attached hydrogens (tertiary/aromatic N) is 5. The Hall–Kier alpha value is -3.75. The molecule has 0 atom stereocenters. The lowest BCUT2D eigenvalue weighted by atomic mass is 10.2. The van der Waals surface area contributed by atoms with E-state index in [0.29, 0.717) is 24.1 Å². The van der Waals surface area contributed by atoms with Gasteiger partial charge in [0.1, 0.15) is 0 Å². The molecule has 1 aliphatic carbocycles. The lowest BCUT2D eigenvalue weighted by molar-refractivity contribution is -0.116. The van der Waals surface area contributed by atoms with Crippen LogP contribution in [0.1, 0.15) is 30.9 Å². The third kappa shape index (κ3) is 5.44. The van der Waals surface area contributed by atoms with E-state index in [4.69, 9.17) is 0 Å². The zero-order valence-electron chi connectivity index (χ0n) is 17.4. The molecule has 2 aromatic carbocycles. The maximum absolute atomic E-state index is 12.3. The van der Waals surface area contributed by atoms with Crippen LogP contribution in [-0.2, 0) is 11.3 Å². The summed E-state index contributed by atoms with van der Waals surface area (Å²) in [5.74, 6) is 0.525. The van der Waals surface area contributed by atoms with Crippen LogP contribution in [0.3, 0.4) is 0 Å². The van der Waals surface area contributed by atoms with Crippen LogP contribution in [0, 0.1) is 0 Å². The van der Waals surface area contributed by atoms with E-state index in [1.807, 2.05) is 59.3 Å². The van der Waals surface area contributed by atoms with E-state index in [0.717, 1.165) is 24.0 Å². The van der Waals surface area contributed by atoms with Crippen molar-refractivity contribution in [1.29, 1.82) is 0 Å². The van der Waals surface area contributed by atoms with Gasteiger partial charge in [0.25, 0.3) is 0 Å². The second-order valence-electron chi connectivity index (χ2n) is 7.63. The molecule has 0 spiro atoms. The van der Waals surface area contributed by atoms with Crippen molar-refractivity contribution in [2.24, 2.45) is 0 Å². The Balaban J connectivity index is 1.25. The number of aromatic nitrogens is 4. The molecule has 0 bridgehead atoms. The maximum atomic E-state index is 12.3. The monoisotopic (exact) mass is 419 g/mol. The smallest absolute Gasteiger partial charge is 0.317 e. The number of carbonyl (C=O) groups is 2. The van der Waals surface area contributed by atoms with Gasteiger partial charge in [-0.3, -0.25) is 4.79 Å². The van der Waals surface area contributed by atoms with Crippen LogP contribution in [0.25, 0.3) is 11.4 Å². The Morgan fingerprint density at radius 3 is 2.71 bits per heavy atom.